The third-order valence-electron chi connectivity index (χ3n) is 1.84. The molecule has 1 heterocycles. The fourth-order valence-corrected chi connectivity index (χ4v) is 0.969. The van der Waals surface area contributed by atoms with Crippen molar-refractivity contribution in [3.63, 3.8) is 0 Å². The summed E-state index contributed by atoms with van der Waals surface area (Å²) in [6, 6.07) is 1.98. The van der Waals surface area contributed by atoms with Gasteiger partial charge >= 0.3 is 0 Å². The molecular weight excluding hydrogens is 158 g/mol. The highest BCUT2D eigenvalue weighted by molar-refractivity contribution is 4.89. The smallest absolute Gasteiger partial charge is 0.162 e. The first-order valence-electron chi connectivity index (χ1n) is 3.91. The Balaban J connectivity index is 2.60. The van der Waals surface area contributed by atoms with E-state index in [-0.39, 0.29) is 13.2 Å². The summed E-state index contributed by atoms with van der Waals surface area (Å²) < 4.78 is 10.5. The van der Waals surface area contributed by atoms with Crippen LogP contribution in [0.5, 0.6) is 0 Å². The van der Waals surface area contributed by atoms with E-state index in [1.165, 1.54) is 0 Å². The molecule has 1 saturated heterocycles. The van der Waals surface area contributed by atoms with Gasteiger partial charge in [-0.1, -0.05) is 0 Å². The first-order valence-corrected chi connectivity index (χ1v) is 3.91. The van der Waals surface area contributed by atoms with Crippen LogP contribution >= 0.6 is 0 Å². The molecule has 0 saturated carbocycles. The van der Waals surface area contributed by atoms with Gasteiger partial charge in [0.05, 0.1) is 31.3 Å². The number of nitrogens with zero attached hydrogens (tertiary/aromatic N) is 1. The standard InChI is InChI=1S/C8H13NO3/c1-8(2)11-4-6(3-9)7(10)5-12-8/h6-7,10H,4-5H2,1-2H3. The molecule has 1 aliphatic heterocycles. The normalized spacial score (nSPS) is 35.2. The highest BCUT2D eigenvalue weighted by Crippen LogP contribution is 2.19. The number of aliphatic hydroxyl groups excluding tert-OH is 1. The lowest BCUT2D eigenvalue weighted by atomic mass is 10.1. The van der Waals surface area contributed by atoms with Gasteiger partial charge in [-0.25, -0.2) is 0 Å². The van der Waals surface area contributed by atoms with Crippen molar-refractivity contribution in [1.29, 1.82) is 5.26 Å². The van der Waals surface area contributed by atoms with Gasteiger partial charge in [0.2, 0.25) is 0 Å². The second-order valence-corrected chi connectivity index (χ2v) is 3.32. The second kappa shape index (κ2) is 3.40. The number of ether oxygens (including phenoxy) is 2. The van der Waals surface area contributed by atoms with Crippen LogP contribution in [0.4, 0.5) is 0 Å². The van der Waals surface area contributed by atoms with Crippen LogP contribution < -0.4 is 0 Å². The zero-order valence-electron chi connectivity index (χ0n) is 7.28. The number of rotatable bonds is 0. The highest BCUT2D eigenvalue weighted by Gasteiger charge is 2.30. The Bertz CT molecular complexity index is 197. The summed E-state index contributed by atoms with van der Waals surface area (Å²) in [6.07, 6.45) is -0.739. The Hall–Kier alpha value is -0.630. The van der Waals surface area contributed by atoms with Crippen molar-refractivity contribution in [2.45, 2.75) is 25.7 Å². The van der Waals surface area contributed by atoms with E-state index >= 15 is 0 Å². The SMILES string of the molecule is CC1(C)OCC(O)C(C#N)CO1. The molecule has 1 rings (SSSR count). The van der Waals surface area contributed by atoms with Gasteiger partial charge in [-0.2, -0.15) is 5.26 Å². The Kier molecular flexibility index (Phi) is 2.68. The van der Waals surface area contributed by atoms with Gasteiger partial charge in [-0.15, -0.1) is 0 Å². The molecule has 12 heavy (non-hydrogen) atoms. The third kappa shape index (κ3) is 2.18. The third-order valence-corrected chi connectivity index (χ3v) is 1.84. The van der Waals surface area contributed by atoms with Gasteiger partial charge in [0.25, 0.3) is 0 Å². The topological polar surface area (TPSA) is 62.5 Å². The van der Waals surface area contributed by atoms with Crippen LogP contribution in [0.3, 0.4) is 0 Å². The minimum atomic E-state index is -0.739. The van der Waals surface area contributed by atoms with Gasteiger partial charge in [0.15, 0.2) is 5.79 Å². The number of hydrogen-bond acceptors (Lipinski definition) is 4. The van der Waals surface area contributed by atoms with Crippen LogP contribution in [0, 0.1) is 17.2 Å². The Morgan fingerprint density at radius 2 is 2.00 bits per heavy atom. The monoisotopic (exact) mass is 171 g/mol. The van der Waals surface area contributed by atoms with E-state index in [4.69, 9.17) is 14.7 Å². The molecule has 2 unspecified atom stereocenters. The van der Waals surface area contributed by atoms with Crippen molar-refractivity contribution in [2.75, 3.05) is 13.2 Å². The number of aliphatic hydroxyl groups is 1. The van der Waals surface area contributed by atoms with Crippen LogP contribution in [0.15, 0.2) is 0 Å². The zero-order valence-corrected chi connectivity index (χ0v) is 7.28. The summed E-state index contributed by atoms with van der Waals surface area (Å²) in [5.41, 5.74) is 0. The number of nitriles is 1. The lowest BCUT2D eigenvalue weighted by Gasteiger charge is -2.22. The van der Waals surface area contributed by atoms with Gasteiger partial charge in [0.1, 0.15) is 0 Å². The Morgan fingerprint density at radius 1 is 1.42 bits per heavy atom. The summed E-state index contributed by atoms with van der Waals surface area (Å²) in [5.74, 6) is -1.17. The molecule has 68 valence electrons. The first-order chi connectivity index (χ1) is 5.55. The summed E-state index contributed by atoms with van der Waals surface area (Å²) in [6.45, 7) is 3.91. The van der Waals surface area contributed by atoms with Crippen LogP contribution in [0.1, 0.15) is 13.8 Å². The zero-order chi connectivity index (χ0) is 9.19. The lowest BCUT2D eigenvalue weighted by Crippen LogP contribution is -2.27. The average molecular weight is 171 g/mol. The summed E-state index contributed by atoms with van der Waals surface area (Å²) in [4.78, 5) is 0. The Morgan fingerprint density at radius 3 is 2.58 bits per heavy atom. The minimum absolute atomic E-state index is 0.158. The molecule has 4 nitrogen and oxygen atoms in total. The summed E-state index contributed by atoms with van der Waals surface area (Å²) in [7, 11) is 0. The minimum Gasteiger partial charge on any atom is -0.389 e. The van der Waals surface area contributed by atoms with E-state index < -0.39 is 17.8 Å². The second-order valence-electron chi connectivity index (χ2n) is 3.32. The van der Waals surface area contributed by atoms with Crippen molar-refractivity contribution < 1.29 is 14.6 Å². The van der Waals surface area contributed by atoms with E-state index in [1.807, 2.05) is 6.07 Å². The molecule has 0 radical (unpaired) electrons. The van der Waals surface area contributed by atoms with Gasteiger partial charge in [0, 0.05) is 0 Å². The maximum atomic E-state index is 9.35. The van der Waals surface area contributed by atoms with Gasteiger partial charge in [-0.05, 0) is 13.8 Å². The predicted molar refractivity (Wildman–Crippen MR) is 41.1 cm³/mol. The number of hydrogen-bond donors (Lipinski definition) is 1. The fraction of sp³-hybridized carbons (Fsp3) is 0.875. The molecule has 1 fully saturated rings. The van der Waals surface area contributed by atoms with Crippen LogP contribution in [0.2, 0.25) is 0 Å². The fourth-order valence-electron chi connectivity index (χ4n) is 0.969. The maximum Gasteiger partial charge on any atom is 0.162 e. The lowest BCUT2D eigenvalue weighted by molar-refractivity contribution is -0.203. The van der Waals surface area contributed by atoms with Crippen molar-refractivity contribution in [3.05, 3.63) is 0 Å². The molecule has 0 spiro atoms. The van der Waals surface area contributed by atoms with Gasteiger partial charge in [-0.3, -0.25) is 0 Å². The van der Waals surface area contributed by atoms with Crippen LogP contribution in [0.25, 0.3) is 0 Å². The first kappa shape index (κ1) is 9.46. The van der Waals surface area contributed by atoms with E-state index in [2.05, 4.69) is 0 Å². The maximum absolute atomic E-state index is 9.35. The molecule has 1 aliphatic rings. The van der Waals surface area contributed by atoms with Crippen molar-refractivity contribution in [3.8, 4) is 6.07 Å². The molecule has 0 aromatic rings. The largest absolute Gasteiger partial charge is 0.389 e. The molecule has 0 amide bonds. The average Bonchev–Trinajstić information content (AvgIpc) is 2.13. The molecular formula is C8H13NO3. The highest BCUT2D eigenvalue weighted by atomic mass is 16.7. The molecule has 2 atom stereocenters. The Labute approximate surface area is 71.7 Å². The summed E-state index contributed by atoms with van der Waals surface area (Å²) in [5, 5.41) is 18.0. The van der Waals surface area contributed by atoms with Crippen molar-refractivity contribution in [2.24, 2.45) is 5.92 Å². The molecule has 4 heteroatoms. The van der Waals surface area contributed by atoms with E-state index in [0.717, 1.165) is 0 Å². The molecule has 0 aliphatic carbocycles. The van der Waals surface area contributed by atoms with Crippen molar-refractivity contribution in [1.82, 2.24) is 0 Å². The molecule has 0 bridgehead atoms. The molecule has 1 N–H and O–H groups in total. The molecule has 0 aromatic carbocycles. The molecule has 0 aromatic heterocycles. The van der Waals surface area contributed by atoms with E-state index in [1.54, 1.807) is 13.8 Å². The van der Waals surface area contributed by atoms with Crippen LogP contribution in [-0.4, -0.2) is 30.2 Å². The quantitative estimate of drug-likeness (QED) is 0.568. The van der Waals surface area contributed by atoms with E-state index in [0.29, 0.717) is 0 Å². The van der Waals surface area contributed by atoms with E-state index in [9.17, 15) is 5.11 Å². The van der Waals surface area contributed by atoms with Gasteiger partial charge < -0.3 is 14.6 Å². The van der Waals surface area contributed by atoms with Crippen molar-refractivity contribution >= 4 is 0 Å². The van der Waals surface area contributed by atoms with Crippen LogP contribution in [-0.2, 0) is 9.47 Å². The predicted octanol–water partition coefficient (Wildman–Crippen LogP) is 0.270. The summed E-state index contributed by atoms with van der Waals surface area (Å²) >= 11 is 0.